The molecule has 0 spiro atoms. The van der Waals surface area contributed by atoms with E-state index in [0.29, 0.717) is 30.4 Å². The first-order valence-corrected chi connectivity index (χ1v) is 10.1. The molecule has 144 valence electrons. The minimum absolute atomic E-state index is 0.0845. The number of hydrogen-bond donors (Lipinski definition) is 1. The number of anilines is 2. The summed E-state index contributed by atoms with van der Waals surface area (Å²) >= 11 is 5.72. The number of halogens is 2. The monoisotopic (exact) mass is 414 g/mol. The third-order valence-corrected chi connectivity index (χ3v) is 5.13. The molecule has 2 aromatic rings. The Morgan fingerprint density at radius 2 is 1.89 bits per heavy atom. The lowest BCUT2D eigenvalue weighted by atomic mass is 10.2. The second-order valence-electron chi connectivity index (χ2n) is 5.77. The van der Waals surface area contributed by atoms with E-state index in [1.807, 2.05) is 0 Å². The fourth-order valence-electron chi connectivity index (χ4n) is 2.49. The molecule has 2 aromatic carbocycles. The van der Waals surface area contributed by atoms with Gasteiger partial charge < -0.3 is 14.8 Å². The first kappa shape index (κ1) is 19.2. The van der Waals surface area contributed by atoms with Crippen molar-refractivity contribution >= 4 is 38.9 Å². The van der Waals surface area contributed by atoms with Crippen molar-refractivity contribution in [3.05, 3.63) is 47.2 Å². The van der Waals surface area contributed by atoms with Gasteiger partial charge in [0.1, 0.15) is 25.6 Å². The quantitative estimate of drug-likeness (QED) is 0.813. The summed E-state index contributed by atoms with van der Waals surface area (Å²) in [6, 6.07) is 8.28. The summed E-state index contributed by atoms with van der Waals surface area (Å²) < 4.78 is 49.2. The molecule has 0 radical (unpaired) electrons. The van der Waals surface area contributed by atoms with E-state index in [2.05, 4.69) is 5.32 Å². The maximum Gasteiger partial charge on any atom is 0.245 e. The summed E-state index contributed by atoms with van der Waals surface area (Å²) in [6.45, 7) is 0.342. The van der Waals surface area contributed by atoms with Crippen LogP contribution >= 0.6 is 11.6 Å². The van der Waals surface area contributed by atoms with Crippen LogP contribution in [0, 0.1) is 5.82 Å². The number of rotatable bonds is 5. The maximum absolute atomic E-state index is 13.3. The van der Waals surface area contributed by atoms with Gasteiger partial charge in [0, 0.05) is 11.8 Å². The van der Waals surface area contributed by atoms with E-state index in [0.717, 1.165) is 22.7 Å². The molecule has 0 atom stereocenters. The SMILES string of the molecule is CS(=O)(=O)N(CC(=O)Nc1ccc2c(c1)OCCO2)c1ccc(F)c(Cl)c1. The Morgan fingerprint density at radius 3 is 2.56 bits per heavy atom. The van der Waals surface area contributed by atoms with Crippen molar-refractivity contribution in [1.82, 2.24) is 0 Å². The Bertz CT molecular complexity index is 983. The third-order valence-electron chi connectivity index (χ3n) is 3.70. The Hall–Kier alpha value is -2.52. The molecule has 1 amide bonds. The van der Waals surface area contributed by atoms with Crippen molar-refractivity contribution in [2.24, 2.45) is 0 Å². The molecular weight excluding hydrogens is 399 g/mol. The molecule has 27 heavy (non-hydrogen) atoms. The van der Waals surface area contributed by atoms with Gasteiger partial charge in [-0.3, -0.25) is 9.10 Å². The third kappa shape index (κ3) is 4.61. The van der Waals surface area contributed by atoms with E-state index in [9.17, 15) is 17.6 Å². The Labute approximate surface area is 160 Å². The van der Waals surface area contributed by atoms with Crippen LogP contribution in [0.15, 0.2) is 36.4 Å². The summed E-state index contributed by atoms with van der Waals surface area (Å²) in [5, 5.41) is 2.36. The van der Waals surface area contributed by atoms with Crippen LogP contribution in [0.1, 0.15) is 0 Å². The van der Waals surface area contributed by atoms with Crippen LogP contribution in [0.5, 0.6) is 11.5 Å². The van der Waals surface area contributed by atoms with Gasteiger partial charge in [-0.05, 0) is 30.3 Å². The van der Waals surface area contributed by atoms with Crippen molar-refractivity contribution in [3.63, 3.8) is 0 Å². The summed E-state index contributed by atoms with van der Waals surface area (Å²) in [6.07, 6.45) is 0.946. The first-order chi connectivity index (χ1) is 12.7. The predicted molar refractivity (Wildman–Crippen MR) is 99.7 cm³/mol. The fourth-order valence-corrected chi connectivity index (χ4v) is 3.52. The smallest absolute Gasteiger partial charge is 0.245 e. The summed E-state index contributed by atoms with van der Waals surface area (Å²) in [4.78, 5) is 12.4. The lowest BCUT2D eigenvalue weighted by Crippen LogP contribution is -2.37. The second-order valence-corrected chi connectivity index (χ2v) is 8.09. The average Bonchev–Trinajstić information content (AvgIpc) is 2.61. The van der Waals surface area contributed by atoms with Gasteiger partial charge in [-0.1, -0.05) is 11.6 Å². The van der Waals surface area contributed by atoms with Gasteiger partial charge in [0.15, 0.2) is 11.5 Å². The lowest BCUT2D eigenvalue weighted by molar-refractivity contribution is -0.114. The van der Waals surface area contributed by atoms with E-state index >= 15 is 0 Å². The highest BCUT2D eigenvalue weighted by atomic mass is 35.5. The molecule has 0 unspecified atom stereocenters. The molecule has 10 heteroatoms. The van der Waals surface area contributed by atoms with Gasteiger partial charge in [-0.2, -0.15) is 0 Å². The largest absolute Gasteiger partial charge is 0.486 e. The zero-order valence-electron chi connectivity index (χ0n) is 14.2. The van der Waals surface area contributed by atoms with E-state index in [4.69, 9.17) is 21.1 Å². The van der Waals surface area contributed by atoms with Crippen LogP contribution in [0.25, 0.3) is 0 Å². The van der Waals surface area contributed by atoms with Gasteiger partial charge in [0.25, 0.3) is 0 Å². The summed E-state index contributed by atoms with van der Waals surface area (Å²) in [5.41, 5.74) is 0.510. The second kappa shape index (κ2) is 7.61. The highest BCUT2D eigenvalue weighted by Gasteiger charge is 2.22. The molecule has 0 saturated carbocycles. The number of benzene rings is 2. The van der Waals surface area contributed by atoms with Gasteiger partial charge in [-0.25, -0.2) is 12.8 Å². The zero-order chi connectivity index (χ0) is 19.6. The average molecular weight is 415 g/mol. The van der Waals surface area contributed by atoms with E-state index in [-0.39, 0.29) is 10.7 Å². The zero-order valence-corrected chi connectivity index (χ0v) is 15.8. The fraction of sp³-hybridized carbons (Fsp3) is 0.235. The molecule has 0 bridgehead atoms. The molecule has 1 aliphatic heterocycles. The van der Waals surface area contributed by atoms with Crippen LogP contribution in [0.4, 0.5) is 15.8 Å². The number of carbonyl (C=O) groups is 1. The molecule has 3 rings (SSSR count). The van der Waals surface area contributed by atoms with Crippen LogP contribution in [-0.2, 0) is 14.8 Å². The van der Waals surface area contributed by atoms with Crippen LogP contribution in [0.2, 0.25) is 5.02 Å². The molecular formula is C17H16ClFN2O5S. The normalized spacial score (nSPS) is 13.1. The van der Waals surface area contributed by atoms with Crippen LogP contribution < -0.4 is 19.1 Å². The number of carbonyl (C=O) groups excluding carboxylic acids is 1. The predicted octanol–water partition coefficient (Wildman–Crippen LogP) is 2.66. The molecule has 1 heterocycles. The molecule has 7 nitrogen and oxygen atoms in total. The van der Waals surface area contributed by atoms with Gasteiger partial charge in [0.05, 0.1) is 17.0 Å². The topological polar surface area (TPSA) is 84.9 Å². The summed E-state index contributed by atoms with van der Waals surface area (Å²) in [5.74, 6) is -0.213. The van der Waals surface area contributed by atoms with Crippen molar-refractivity contribution in [2.45, 2.75) is 0 Å². The number of hydrogen-bond acceptors (Lipinski definition) is 5. The van der Waals surface area contributed by atoms with Gasteiger partial charge >= 0.3 is 0 Å². The minimum Gasteiger partial charge on any atom is -0.486 e. The molecule has 1 aliphatic rings. The number of ether oxygens (including phenoxy) is 2. The highest BCUT2D eigenvalue weighted by molar-refractivity contribution is 7.92. The molecule has 1 N–H and O–H groups in total. The van der Waals surface area contributed by atoms with Gasteiger partial charge in [-0.15, -0.1) is 0 Å². The molecule has 0 aliphatic carbocycles. The highest BCUT2D eigenvalue weighted by Crippen LogP contribution is 2.32. The molecule has 0 saturated heterocycles. The molecule has 0 aromatic heterocycles. The maximum atomic E-state index is 13.3. The number of amides is 1. The Morgan fingerprint density at radius 1 is 1.19 bits per heavy atom. The van der Waals surface area contributed by atoms with Crippen molar-refractivity contribution in [3.8, 4) is 11.5 Å². The first-order valence-electron chi connectivity index (χ1n) is 7.86. The van der Waals surface area contributed by atoms with Crippen LogP contribution in [0.3, 0.4) is 0 Å². The minimum atomic E-state index is -3.80. The van der Waals surface area contributed by atoms with Crippen molar-refractivity contribution < 1.29 is 27.1 Å². The Balaban J connectivity index is 1.78. The number of nitrogens with zero attached hydrogens (tertiary/aromatic N) is 1. The van der Waals surface area contributed by atoms with E-state index < -0.39 is 28.3 Å². The Kier molecular flexibility index (Phi) is 5.43. The van der Waals surface area contributed by atoms with Gasteiger partial charge in [0.2, 0.25) is 15.9 Å². The summed E-state index contributed by atoms with van der Waals surface area (Å²) in [7, 11) is -3.80. The lowest BCUT2D eigenvalue weighted by Gasteiger charge is -2.22. The van der Waals surface area contributed by atoms with E-state index in [1.54, 1.807) is 18.2 Å². The number of nitrogens with one attached hydrogen (secondary N) is 1. The number of fused-ring (bicyclic) bond motifs is 1. The standard InChI is InChI=1S/C17H16ClFN2O5S/c1-27(23,24)21(12-3-4-14(19)13(18)9-12)10-17(22)20-11-2-5-15-16(8-11)26-7-6-25-15/h2-5,8-9H,6-7,10H2,1H3,(H,20,22). The number of sulfonamides is 1. The van der Waals surface area contributed by atoms with Crippen LogP contribution in [-0.4, -0.2) is 40.3 Å². The molecule has 0 fully saturated rings. The van der Waals surface area contributed by atoms with E-state index in [1.165, 1.54) is 6.07 Å². The van der Waals surface area contributed by atoms with Crippen molar-refractivity contribution in [1.29, 1.82) is 0 Å². The van der Waals surface area contributed by atoms with Crippen molar-refractivity contribution in [2.75, 3.05) is 35.6 Å².